The molecule has 1 saturated carbocycles. The SMILES string of the molecule is Cc1ccc2nc(CCl)n(C3CCCC(C)C3C)c2c1. The van der Waals surface area contributed by atoms with E-state index in [9.17, 15) is 0 Å². The Kier molecular flexibility index (Phi) is 3.76. The maximum absolute atomic E-state index is 6.16. The van der Waals surface area contributed by atoms with Crippen LogP contribution in [0.2, 0.25) is 0 Å². The van der Waals surface area contributed by atoms with Gasteiger partial charge in [0.05, 0.1) is 16.9 Å². The van der Waals surface area contributed by atoms with Gasteiger partial charge in [-0.1, -0.05) is 32.8 Å². The van der Waals surface area contributed by atoms with Gasteiger partial charge in [-0.15, -0.1) is 11.6 Å². The number of aromatic nitrogens is 2. The van der Waals surface area contributed by atoms with E-state index in [2.05, 4.69) is 43.5 Å². The minimum absolute atomic E-state index is 0.491. The first-order chi connectivity index (χ1) is 9.61. The zero-order valence-electron chi connectivity index (χ0n) is 12.6. The van der Waals surface area contributed by atoms with E-state index in [1.165, 1.54) is 30.3 Å². The molecular weight excluding hydrogens is 268 g/mol. The van der Waals surface area contributed by atoms with Gasteiger partial charge in [-0.3, -0.25) is 0 Å². The number of rotatable bonds is 2. The van der Waals surface area contributed by atoms with Crippen molar-refractivity contribution in [1.82, 2.24) is 9.55 Å². The van der Waals surface area contributed by atoms with Crippen LogP contribution in [-0.4, -0.2) is 9.55 Å². The lowest BCUT2D eigenvalue weighted by Gasteiger charge is -2.36. The number of fused-ring (bicyclic) bond motifs is 1. The van der Waals surface area contributed by atoms with E-state index in [1.54, 1.807) is 0 Å². The van der Waals surface area contributed by atoms with Crippen LogP contribution < -0.4 is 0 Å². The summed E-state index contributed by atoms with van der Waals surface area (Å²) >= 11 is 6.16. The number of aryl methyl sites for hydroxylation is 1. The standard InChI is InChI=1S/C17H23ClN2/c1-11-7-8-14-16(9-11)20(17(10-18)19-14)15-6-4-5-12(2)13(15)3/h7-9,12-13,15H,4-6,10H2,1-3H3. The molecule has 3 atom stereocenters. The van der Waals surface area contributed by atoms with E-state index in [4.69, 9.17) is 16.6 Å². The van der Waals surface area contributed by atoms with Crippen LogP contribution in [0.3, 0.4) is 0 Å². The highest BCUT2D eigenvalue weighted by atomic mass is 35.5. The Hall–Kier alpha value is -1.02. The summed E-state index contributed by atoms with van der Waals surface area (Å²) in [5.74, 6) is 2.98. The maximum Gasteiger partial charge on any atom is 0.125 e. The molecule has 1 heterocycles. The van der Waals surface area contributed by atoms with Gasteiger partial charge in [-0.05, 0) is 42.9 Å². The number of alkyl halides is 1. The van der Waals surface area contributed by atoms with Crippen molar-refractivity contribution in [1.29, 1.82) is 0 Å². The summed E-state index contributed by atoms with van der Waals surface area (Å²) in [6, 6.07) is 7.04. The Morgan fingerprint density at radius 2 is 2.10 bits per heavy atom. The van der Waals surface area contributed by atoms with Crippen molar-refractivity contribution in [2.75, 3.05) is 0 Å². The van der Waals surface area contributed by atoms with Crippen LogP contribution in [0.15, 0.2) is 18.2 Å². The fourth-order valence-corrected chi connectivity index (χ4v) is 3.82. The van der Waals surface area contributed by atoms with E-state index >= 15 is 0 Å². The maximum atomic E-state index is 6.16. The molecule has 1 aliphatic carbocycles. The molecule has 3 rings (SSSR count). The first-order valence-electron chi connectivity index (χ1n) is 7.65. The molecule has 108 valence electrons. The van der Waals surface area contributed by atoms with Gasteiger partial charge in [-0.25, -0.2) is 4.98 Å². The van der Waals surface area contributed by atoms with Crippen LogP contribution in [0.4, 0.5) is 0 Å². The largest absolute Gasteiger partial charge is 0.324 e. The van der Waals surface area contributed by atoms with Gasteiger partial charge in [0.25, 0.3) is 0 Å². The molecule has 20 heavy (non-hydrogen) atoms. The van der Waals surface area contributed by atoms with Gasteiger partial charge < -0.3 is 4.57 Å². The van der Waals surface area contributed by atoms with E-state index in [0.717, 1.165) is 17.3 Å². The molecule has 0 bridgehead atoms. The van der Waals surface area contributed by atoms with Gasteiger partial charge >= 0.3 is 0 Å². The lowest BCUT2D eigenvalue weighted by Crippen LogP contribution is -2.27. The van der Waals surface area contributed by atoms with Crippen LogP contribution in [0.25, 0.3) is 11.0 Å². The highest BCUT2D eigenvalue weighted by Crippen LogP contribution is 2.40. The van der Waals surface area contributed by atoms with E-state index in [1.807, 2.05) is 0 Å². The second-order valence-electron chi connectivity index (χ2n) is 6.36. The van der Waals surface area contributed by atoms with Crippen LogP contribution in [-0.2, 0) is 5.88 Å². The van der Waals surface area contributed by atoms with Crippen molar-refractivity contribution in [3.63, 3.8) is 0 Å². The molecule has 1 aromatic carbocycles. The molecule has 0 spiro atoms. The zero-order valence-corrected chi connectivity index (χ0v) is 13.3. The molecule has 0 aliphatic heterocycles. The van der Waals surface area contributed by atoms with Crippen molar-refractivity contribution < 1.29 is 0 Å². The zero-order chi connectivity index (χ0) is 14.3. The van der Waals surface area contributed by atoms with Crippen molar-refractivity contribution in [2.24, 2.45) is 11.8 Å². The van der Waals surface area contributed by atoms with Crippen LogP contribution in [0.5, 0.6) is 0 Å². The molecule has 0 radical (unpaired) electrons. The molecule has 1 aromatic heterocycles. The number of nitrogens with zero attached hydrogens (tertiary/aromatic N) is 2. The van der Waals surface area contributed by atoms with E-state index in [0.29, 0.717) is 17.8 Å². The Labute approximate surface area is 126 Å². The van der Waals surface area contributed by atoms with Gasteiger partial charge in [-0.2, -0.15) is 0 Å². The quantitative estimate of drug-likeness (QED) is 0.705. The summed E-state index contributed by atoms with van der Waals surface area (Å²) in [6.07, 6.45) is 3.90. The van der Waals surface area contributed by atoms with Crippen molar-refractivity contribution >= 4 is 22.6 Å². The molecule has 2 aromatic rings. The fourth-order valence-electron chi connectivity index (χ4n) is 3.64. The molecule has 3 heteroatoms. The van der Waals surface area contributed by atoms with Gasteiger partial charge in [0, 0.05) is 6.04 Å². The monoisotopic (exact) mass is 290 g/mol. The third-order valence-electron chi connectivity index (χ3n) is 5.03. The summed E-state index contributed by atoms with van der Waals surface area (Å²) in [7, 11) is 0. The minimum atomic E-state index is 0.491. The summed E-state index contributed by atoms with van der Waals surface area (Å²) < 4.78 is 2.43. The summed E-state index contributed by atoms with van der Waals surface area (Å²) in [4.78, 5) is 4.74. The summed E-state index contributed by atoms with van der Waals surface area (Å²) in [5, 5.41) is 0. The fraction of sp³-hybridized carbons (Fsp3) is 0.588. The molecule has 0 saturated heterocycles. The predicted octanol–water partition coefficient (Wildman–Crippen LogP) is 5.08. The number of imidazole rings is 1. The summed E-state index contributed by atoms with van der Waals surface area (Å²) in [6.45, 7) is 6.90. The molecule has 2 nitrogen and oxygen atoms in total. The first-order valence-corrected chi connectivity index (χ1v) is 8.18. The molecule has 1 fully saturated rings. The third-order valence-corrected chi connectivity index (χ3v) is 5.27. The molecule has 0 amide bonds. The van der Waals surface area contributed by atoms with Gasteiger partial charge in [0.1, 0.15) is 5.82 Å². The van der Waals surface area contributed by atoms with Gasteiger partial charge in [0.2, 0.25) is 0 Å². The Bertz CT molecular complexity index is 617. The van der Waals surface area contributed by atoms with Gasteiger partial charge in [0.15, 0.2) is 0 Å². The van der Waals surface area contributed by atoms with Crippen molar-refractivity contribution in [3.8, 4) is 0 Å². The molecular formula is C17H23ClN2. The molecule has 1 aliphatic rings. The molecule has 3 unspecified atom stereocenters. The topological polar surface area (TPSA) is 17.8 Å². The molecule has 0 N–H and O–H groups in total. The number of hydrogen-bond acceptors (Lipinski definition) is 1. The summed E-state index contributed by atoms with van der Waals surface area (Å²) in [5.41, 5.74) is 3.62. The average molecular weight is 291 g/mol. The lowest BCUT2D eigenvalue weighted by molar-refractivity contribution is 0.187. The second kappa shape index (κ2) is 5.40. The lowest BCUT2D eigenvalue weighted by atomic mass is 9.78. The number of hydrogen-bond donors (Lipinski definition) is 0. The Balaban J connectivity index is 2.15. The highest BCUT2D eigenvalue weighted by molar-refractivity contribution is 6.16. The number of benzene rings is 1. The normalized spacial score (nSPS) is 27.1. The predicted molar refractivity (Wildman–Crippen MR) is 85.2 cm³/mol. The van der Waals surface area contributed by atoms with E-state index < -0.39 is 0 Å². The average Bonchev–Trinajstić information content (AvgIpc) is 2.79. The smallest absolute Gasteiger partial charge is 0.125 e. The number of halogens is 1. The van der Waals surface area contributed by atoms with Crippen LogP contribution in [0.1, 0.15) is 50.5 Å². The van der Waals surface area contributed by atoms with Crippen molar-refractivity contribution in [3.05, 3.63) is 29.6 Å². The van der Waals surface area contributed by atoms with Crippen LogP contribution in [0, 0.1) is 18.8 Å². The second-order valence-corrected chi connectivity index (χ2v) is 6.63. The third kappa shape index (κ3) is 2.24. The van der Waals surface area contributed by atoms with Crippen molar-refractivity contribution in [2.45, 2.75) is 52.0 Å². The first kappa shape index (κ1) is 13.9. The van der Waals surface area contributed by atoms with E-state index in [-0.39, 0.29) is 0 Å². The Morgan fingerprint density at radius 1 is 1.30 bits per heavy atom. The highest BCUT2D eigenvalue weighted by Gasteiger charge is 2.30. The minimum Gasteiger partial charge on any atom is -0.324 e. The van der Waals surface area contributed by atoms with Crippen LogP contribution >= 0.6 is 11.6 Å². The Morgan fingerprint density at radius 3 is 2.85 bits per heavy atom.